The highest BCUT2D eigenvalue weighted by atomic mass is 16.4. The molecule has 4 heteroatoms. The summed E-state index contributed by atoms with van der Waals surface area (Å²) in [4.78, 5) is 22.6. The third-order valence-corrected chi connectivity index (χ3v) is 2.96. The van der Waals surface area contributed by atoms with Gasteiger partial charge in [0.25, 0.3) is 0 Å². The van der Waals surface area contributed by atoms with Gasteiger partial charge in [-0.2, -0.15) is 0 Å². The van der Waals surface area contributed by atoms with E-state index in [4.69, 9.17) is 5.11 Å². The standard InChI is InChI=1S/C14H12O4/c1-2-8-6-7-9-4-3-5-10(13(15)16)11(9)12(8)14(17)18/h3-7H,2H2,1H3,(H,15,16)(H,17,18). The summed E-state index contributed by atoms with van der Waals surface area (Å²) in [7, 11) is 0. The monoisotopic (exact) mass is 244 g/mol. The molecule has 18 heavy (non-hydrogen) atoms. The molecule has 0 aliphatic heterocycles. The van der Waals surface area contributed by atoms with E-state index in [-0.39, 0.29) is 11.1 Å². The largest absolute Gasteiger partial charge is 0.478 e. The maximum Gasteiger partial charge on any atom is 0.336 e. The molecular weight excluding hydrogens is 232 g/mol. The van der Waals surface area contributed by atoms with Crippen molar-refractivity contribution in [3.8, 4) is 0 Å². The van der Waals surface area contributed by atoms with Gasteiger partial charge in [0.15, 0.2) is 0 Å². The molecule has 0 unspecified atom stereocenters. The Kier molecular flexibility index (Phi) is 3.02. The molecule has 0 aliphatic rings. The molecule has 2 aromatic carbocycles. The molecule has 0 heterocycles. The lowest BCUT2D eigenvalue weighted by molar-refractivity contribution is 0.0694. The minimum atomic E-state index is -1.11. The second-order valence-electron chi connectivity index (χ2n) is 3.97. The fraction of sp³-hybridized carbons (Fsp3) is 0.143. The highest BCUT2D eigenvalue weighted by Gasteiger charge is 2.18. The van der Waals surface area contributed by atoms with Crippen molar-refractivity contribution in [2.45, 2.75) is 13.3 Å². The van der Waals surface area contributed by atoms with Crippen LogP contribution in [0, 0.1) is 0 Å². The number of fused-ring (bicyclic) bond motifs is 1. The van der Waals surface area contributed by atoms with Gasteiger partial charge >= 0.3 is 11.9 Å². The zero-order valence-electron chi connectivity index (χ0n) is 9.80. The molecule has 0 fully saturated rings. The first-order chi connectivity index (χ1) is 8.56. The van der Waals surface area contributed by atoms with Gasteiger partial charge in [-0.15, -0.1) is 0 Å². The van der Waals surface area contributed by atoms with Gasteiger partial charge in [-0.3, -0.25) is 0 Å². The average molecular weight is 244 g/mol. The molecule has 0 spiro atoms. The first-order valence-corrected chi connectivity index (χ1v) is 5.57. The first-order valence-electron chi connectivity index (χ1n) is 5.57. The highest BCUT2D eigenvalue weighted by Crippen LogP contribution is 2.26. The molecule has 92 valence electrons. The molecule has 0 saturated heterocycles. The number of hydrogen-bond donors (Lipinski definition) is 2. The summed E-state index contributed by atoms with van der Waals surface area (Å²) in [6.07, 6.45) is 0.547. The van der Waals surface area contributed by atoms with E-state index in [2.05, 4.69) is 0 Å². The van der Waals surface area contributed by atoms with Crippen LogP contribution < -0.4 is 0 Å². The van der Waals surface area contributed by atoms with Crippen LogP contribution in [0.1, 0.15) is 33.2 Å². The van der Waals surface area contributed by atoms with Crippen molar-refractivity contribution in [2.24, 2.45) is 0 Å². The molecule has 0 amide bonds. The summed E-state index contributed by atoms with van der Waals surface area (Å²) in [5.74, 6) is -2.21. The van der Waals surface area contributed by atoms with Gasteiger partial charge < -0.3 is 10.2 Å². The van der Waals surface area contributed by atoms with Crippen molar-refractivity contribution >= 4 is 22.7 Å². The molecule has 0 saturated carbocycles. The topological polar surface area (TPSA) is 74.6 Å². The van der Waals surface area contributed by atoms with Crippen LogP contribution >= 0.6 is 0 Å². The molecule has 0 atom stereocenters. The zero-order chi connectivity index (χ0) is 13.3. The van der Waals surface area contributed by atoms with Gasteiger partial charge in [-0.1, -0.05) is 31.2 Å². The second kappa shape index (κ2) is 4.49. The minimum Gasteiger partial charge on any atom is -0.478 e. The van der Waals surface area contributed by atoms with Crippen molar-refractivity contribution in [1.82, 2.24) is 0 Å². The maximum atomic E-state index is 11.4. The lowest BCUT2D eigenvalue weighted by Gasteiger charge is -2.10. The van der Waals surface area contributed by atoms with Gasteiger partial charge in [0, 0.05) is 5.39 Å². The van der Waals surface area contributed by atoms with Crippen LogP contribution in [0.4, 0.5) is 0 Å². The number of carboxylic acid groups (broad SMARTS) is 2. The Morgan fingerprint density at radius 1 is 1.06 bits per heavy atom. The van der Waals surface area contributed by atoms with Crippen LogP contribution in [-0.4, -0.2) is 22.2 Å². The summed E-state index contributed by atoms with van der Waals surface area (Å²) < 4.78 is 0. The molecule has 2 N–H and O–H groups in total. The SMILES string of the molecule is CCc1ccc2cccc(C(=O)O)c2c1C(=O)O. The van der Waals surface area contributed by atoms with Crippen LogP contribution in [0.25, 0.3) is 10.8 Å². The quantitative estimate of drug-likeness (QED) is 0.870. The Morgan fingerprint density at radius 2 is 1.78 bits per heavy atom. The van der Waals surface area contributed by atoms with Crippen LogP contribution in [0.3, 0.4) is 0 Å². The summed E-state index contributed by atoms with van der Waals surface area (Å²) in [6.45, 7) is 1.84. The summed E-state index contributed by atoms with van der Waals surface area (Å²) in [5.41, 5.74) is 0.761. The maximum absolute atomic E-state index is 11.4. The van der Waals surface area contributed by atoms with Crippen molar-refractivity contribution in [2.75, 3.05) is 0 Å². The minimum absolute atomic E-state index is 0.0280. The number of carbonyl (C=O) groups is 2. The zero-order valence-corrected chi connectivity index (χ0v) is 9.80. The van der Waals surface area contributed by atoms with E-state index in [0.29, 0.717) is 22.8 Å². The number of benzene rings is 2. The highest BCUT2D eigenvalue weighted by molar-refractivity contribution is 6.13. The summed E-state index contributed by atoms with van der Waals surface area (Å²) in [6, 6.07) is 8.25. The van der Waals surface area contributed by atoms with Crippen LogP contribution in [0.5, 0.6) is 0 Å². The van der Waals surface area contributed by atoms with Gasteiger partial charge in [0.2, 0.25) is 0 Å². The van der Waals surface area contributed by atoms with E-state index in [0.717, 1.165) is 0 Å². The number of carboxylic acids is 2. The van der Waals surface area contributed by atoms with E-state index >= 15 is 0 Å². The van der Waals surface area contributed by atoms with Crippen molar-refractivity contribution in [3.63, 3.8) is 0 Å². The van der Waals surface area contributed by atoms with Crippen molar-refractivity contribution < 1.29 is 19.8 Å². The van der Waals surface area contributed by atoms with Gasteiger partial charge in [-0.25, -0.2) is 9.59 Å². The van der Waals surface area contributed by atoms with Gasteiger partial charge in [-0.05, 0) is 23.4 Å². The fourth-order valence-corrected chi connectivity index (χ4v) is 2.14. The van der Waals surface area contributed by atoms with Gasteiger partial charge in [0.05, 0.1) is 11.1 Å². The number of hydrogen-bond acceptors (Lipinski definition) is 2. The Balaban J connectivity index is 2.97. The number of aromatic carboxylic acids is 2. The third-order valence-electron chi connectivity index (χ3n) is 2.96. The molecule has 0 radical (unpaired) electrons. The molecule has 2 rings (SSSR count). The molecule has 0 aromatic heterocycles. The summed E-state index contributed by atoms with van der Waals surface area (Å²) in [5, 5.41) is 19.4. The average Bonchev–Trinajstić information content (AvgIpc) is 2.35. The Labute approximate surface area is 103 Å². The van der Waals surface area contributed by atoms with E-state index in [1.54, 1.807) is 24.3 Å². The van der Waals surface area contributed by atoms with Crippen molar-refractivity contribution in [3.05, 3.63) is 47.0 Å². The third kappa shape index (κ3) is 1.82. The summed E-state index contributed by atoms with van der Waals surface area (Å²) >= 11 is 0. The molecule has 2 aromatic rings. The fourth-order valence-electron chi connectivity index (χ4n) is 2.14. The lowest BCUT2D eigenvalue weighted by atomic mass is 9.94. The molecule has 0 bridgehead atoms. The molecule has 0 aliphatic carbocycles. The predicted molar refractivity (Wildman–Crippen MR) is 67.2 cm³/mol. The Bertz CT molecular complexity index is 644. The number of rotatable bonds is 3. The van der Waals surface area contributed by atoms with Crippen LogP contribution in [0.15, 0.2) is 30.3 Å². The van der Waals surface area contributed by atoms with E-state index in [1.807, 2.05) is 6.92 Å². The lowest BCUT2D eigenvalue weighted by Crippen LogP contribution is -2.07. The Morgan fingerprint density at radius 3 is 2.33 bits per heavy atom. The van der Waals surface area contributed by atoms with E-state index < -0.39 is 11.9 Å². The van der Waals surface area contributed by atoms with Crippen LogP contribution in [-0.2, 0) is 6.42 Å². The second-order valence-corrected chi connectivity index (χ2v) is 3.97. The van der Waals surface area contributed by atoms with Crippen molar-refractivity contribution in [1.29, 1.82) is 0 Å². The van der Waals surface area contributed by atoms with E-state index in [9.17, 15) is 14.7 Å². The normalized spacial score (nSPS) is 10.5. The first kappa shape index (κ1) is 12.1. The number of aryl methyl sites for hydroxylation is 1. The molecular formula is C14H12O4. The smallest absolute Gasteiger partial charge is 0.336 e. The van der Waals surface area contributed by atoms with E-state index in [1.165, 1.54) is 6.07 Å². The predicted octanol–water partition coefficient (Wildman–Crippen LogP) is 2.80. The molecule has 4 nitrogen and oxygen atoms in total. The Hall–Kier alpha value is -2.36. The van der Waals surface area contributed by atoms with Gasteiger partial charge in [0.1, 0.15) is 0 Å². The van der Waals surface area contributed by atoms with Crippen LogP contribution in [0.2, 0.25) is 0 Å².